The molecule has 6 nitrogen and oxygen atoms in total. The lowest BCUT2D eigenvalue weighted by molar-refractivity contribution is -0.117. The van der Waals surface area contributed by atoms with Gasteiger partial charge in [0.15, 0.2) is 5.13 Å². The summed E-state index contributed by atoms with van der Waals surface area (Å²) in [5.41, 5.74) is 0.245. The number of anilines is 2. The highest BCUT2D eigenvalue weighted by molar-refractivity contribution is 7.13. The molecule has 0 spiro atoms. The van der Waals surface area contributed by atoms with Crippen molar-refractivity contribution in [1.29, 1.82) is 0 Å². The topological polar surface area (TPSA) is 57.7 Å². The number of piperazine rings is 1. The van der Waals surface area contributed by atoms with Gasteiger partial charge in [0.2, 0.25) is 5.91 Å². The van der Waals surface area contributed by atoms with Gasteiger partial charge in [-0.1, -0.05) is 12.1 Å². The van der Waals surface area contributed by atoms with Crippen LogP contribution >= 0.6 is 11.3 Å². The van der Waals surface area contributed by atoms with E-state index in [9.17, 15) is 13.6 Å². The van der Waals surface area contributed by atoms with Gasteiger partial charge in [0.25, 0.3) is 0 Å². The van der Waals surface area contributed by atoms with E-state index in [0.29, 0.717) is 0 Å². The van der Waals surface area contributed by atoms with E-state index in [1.165, 1.54) is 12.1 Å². The first-order chi connectivity index (χ1) is 12.1. The van der Waals surface area contributed by atoms with Gasteiger partial charge in [0.05, 0.1) is 12.2 Å². The molecule has 0 unspecified atom stereocenters. The molecule has 0 bridgehead atoms. The zero-order chi connectivity index (χ0) is 17.6. The summed E-state index contributed by atoms with van der Waals surface area (Å²) in [4.78, 5) is 20.7. The van der Waals surface area contributed by atoms with Gasteiger partial charge in [-0.3, -0.25) is 9.69 Å². The molecule has 1 aromatic heterocycles. The Kier molecular flexibility index (Phi) is 5.77. The van der Waals surface area contributed by atoms with Crippen LogP contribution in [0.4, 0.5) is 19.6 Å². The van der Waals surface area contributed by atoms with Crippen molar-refractivity contribution in [3.05, 3.63) is 35.8 Å². The Morgan fingerprint density at radius 2 is 2.04 bits per heavy atom. The SMILES string of the molecule is O=C(CN1CCN(c2nccs2)CC1)Nc1ccccc1OC(F)F. The number of alkyl halides is 2. The monoisotopic (exact) mass is 368 g/mol. The van der Waals surface area contributed by atoms with Crippen molar-refractivity contribution in [1.82, 2.24) is 9.88 Å². The predicted octanol–water partition coefficient (Wildman–Crippen LogP) is 2.51. The van der Waals surface area contributed by atoms with Crippen LogP contribution in [0.15, 0.2) is 35.8 Å². The molecule has 0 saturated carbocycles. The second-order valence-corrected chi connectivity index (χ2v) is 6.37. The van der Waals surface area contributed by atoms with E-state index in [1.54, 1.807) is 29.7 Å². The van der Waals surface area contributed by atoms with E-state index in [4.69, 9.17) is 0 Å². The Balaban J connectivity index is 1.50. The van der Waals surface area contributed by atoms with Gasteiger partial charge in [0, 0.05) is 37.8 Å². The zero-order valence-electron chi connectivity index (χ0n) is 13.4. The van der Waals surface area contributed by atoms with E-state index in [-0.39, 0.29) is 23.9 Å². The number of hydrogen-bond donors (Lipinski definition) is 1. The molecule has 1 fully saturated rings. The number of halogens is 2. The largest absolute Gasteiger partial charge is 0.433 e. The van der Waals surface area contributed by atoms with Crippen LogP contribution in [-0.2, 0) is 4.79 Å². The molecule has 3 rings (SSSR count). The minimum Gasteiger partial charge on any atom is -0.433 e. The molecule has 1 aromatic carbocycles. The third kappa shape index (κ3) is 4.86. The molecule has 1 aliphatic rings. The van der Waals surface area contributed by atoms with Crippen molar-refractivity contribution in [2.45, 2.75) is 6.61 Å². The molecule has 9 heteroatoms. The number of rotatable bonds is 6. The van der Waals surface area contributed by atoms with E-state index in [0.717, 1.165) is 31.3 Å². The summed E-state index contributed by atoms with van der Waals surface area (Å²) < 4.78 is 29.2. The molecular weight excluding hydrogens is 350 g/mol. The summed E-state index contributed by atoms with van der Waals surface area (Å²) in [6.07, 6.45) is 1.78. The van der Waals surface area contributed by atoms with Crippen LogP contribution in [0.3, 0.4) is 0 Å². The Morgan fingerprint density at radius 1 is 1.28 bits per heavy atom. The Hall–Kier alpha value is -2.26. The van der Waals surface area contributed by atoms with E-state index in [2.05, 4.69) is 19.9 Å². The van der Waals surface area contributed by atoms with Crippen LogP contribution < -0.4 is 15.0 Å². The fourth-order valence-corrected chi connectivity index (χ4v) is 3.33. The molecule has 1 aliphatic heterocycles. The van der Waals surface area contributed by atoms with Crippen molar-refractivity contribution >= 4 is 28.1 Å². The van der Waals surface area contributed by atoms with Crippen LogP contribution in [-0.4, -0.2) is 55.1 Å². The summed E-state index contributed by atoms with van der Waals surface area (Å²) in [6, 6.07) is 6.16. The molecule has 0 radical (unpaired) electrons. The summed E-state index contributed by atoms with van der Waals surface area (Å²) in [7, 11) is 0. The first-order valence-electron chi connectivity index (χ1n) is 7.82. The summed E-state index contributed by atoms with van der Waals surface area (Å²) in [5, 5.41) is 5.57. The number of ether oxygens (including phenoxy) is 1. The van der Waals surface area contributed by atoms with Crippen molar-refractivity contribution in [3.63, 3.8) is 0 Å². The van der Waals surface area contributed by atoms with Gasteiger partial charge in [0.1, 0.15) is 5.75 Å². The highest BCUT2D eigenvalue weighted by Crippen LogP contribution is 2.25. The summed E-state index contributed by atoms with van der Waals surface area (Å²) in [6.45, 7) is 0.341. The number of nitrogens with zero attached hydrogens (tertiary/aromatic N) is 3. The number of nitrogens with one attached hydrogen (secondary N) is 1. The average molecular weight is 368 g/mol. The highest BCUT2D eigenvalue weighted by atomic mass is 32.1. The van der Waals surface area contributed by atoms with Crippen LogP contribution in [0.5, 0.6) is 5.75 Å². The molecule has 25 heavy (non-hydrogen) atoms. The van der Waals surface area contributed by atoms with Crippen molar-refractivity contribution in [3.8, 4) is 5.75 Å². The van der Waals surface area contributed by atoms with Crippen LogP contribution in [0.1, 0.15) is 0 Å². The van der Waals surface area contributed by atoms with Crippen LogP contribution in [0, 0.1) is 0 Å². The van der Waals surface area contributed by atoms with Crippen LogP contribution in [0.2, 0.25) is 0 Å². The molecule has 1 amide bonds. The fourth-order valence-electron chi connectivity index (χ4n) is 2.63. The standard InChI is InChI=1S/C16H18F2N4O2S/c17-15(18)24-13-4-2-1-3-12(13)20-14(23)11-21-6-8-22(9-7-21)16-19-5-10-25-16/h1-5,10,15H,6-9,11H2,(H,20,23). The normalized spacial score (nSPS) is 15.4. The Bertz CT molecular complexity index is 691. The first-order valence-corrected chi connectivity index (χ1v) is 8.70. The number of amides is 1. The first kappa shape index (κ1) is 17.6. The number of hydrogen-bond acceptors (Lipinski definition) is 6. The van der Waals surface area contributed by atoms with Gasteiger partial charge >= 0.3 is 6.61 Å². The quantitative estimate of drug-likeness (QED) is 0.849. The van der Waals surface area contributed by atoms with Gasteiger partial charge in [-0.05, 0) is 12.1 Å². The molecule has 2 aromatic rings. The van der Waals surface area contributed by atoms with E-state index in [1.807, 2.05) is 10.3 Å². The Morgan fingerprint density at radius 3 is 2.72 bits per heavy atom. The summed E-state index contributed by atoms with van der Waals surface area (Å²) >= 11 is 1.59. The van der Waals surface area contributed by atoms with Gasteiger partial charge in [-0.15, -0.1) is 11.3 Å². The maximum Gasteiger partial charge on any atom is 0.387 e. The molecule has 1 N–H and O–H groups in total. The second kappa shape index (κ2) is 8.21. The molecule has 1 saturated heterocycles. The minimum absolute atomic E-state index is 0.0422. The highest BCUT2D eigenvalue weighted by Gasteiger charge is 2.21. The average Bonchev–Trinajstić information content (AvgIpc) is 3.11. The smallest absolute Gasteiger partial charge is 0.387 e. The lowest BCUT2D eigenvalue weighted by atomic mass is 10.3. The van der Waals surface area contributed by atoms with Crippen molar-refractivity contribution in [2.75, 3.05) is 42.9 Å². The number of para-hydroxylation sites is 2. The third-order valence-electron chi connectivity index (χ3n) is 3.81. The van der Waals surface area contributed by atoms with Crippen molar-refractivity contribution < 1.29 is 18.3 Å². The maximum absolute atomic E-state index is 12.4. The van der Waals surface area contributed by atoms with Gasteiger partial charge in [-0.25, -0.2) is 4.98 Å². The minimum atomic E-state index is -2.93. The number of carbonyl (C=O) groups is 1. The maximum atomic E-state index is 12.4. The zero-order valence-corrected chi connectivity index (χ0v) is 14.2. The van der Waals surface area contributed by atoms with Gasteiger partial charge < -0.3 is 15.0 Å². The number of thiazole rings is 1. The number of benzene rings is 1. The number of carbonyl (C=O) groups excluding carboxylic acids is 1. The molecule has 0 atom stereocenters. The van der Waals surface area contributed by atoms with E-state index >= 15 is 0 Å². The molecule has 0 aliphatic carbocycles. The number of aromatic nitrogens is 1. The second-order valence-electron chi connectivity index (χ2n) is 5.50. The van der Waals surface area contributed by atoms with Gasteiger partial charge in [-0.2, -0.15) is 8.78 Å². The lowest BCUT2D eigenvalue weighted by Crippen LogP contribution is -2.48. The predicted molar refractivity (Wildman–Crippen MR) is 92.5 cm³/mol. The van der Waals surface area contributed by atoms with Crippen molar-refractivity contribution in [2.24, 2.45) is 0 Å². The van der Waals surface area contributed by atoms with Crippen LogP contribution in [0.25, 0.3) is 0 Å². The molecule has 2 heterocycles. The lowest BCUT2D eigenvalue weighted by Gasteiger charge is -2.34. The third-order valence-corrected chi connectivity index (χ3v) is 4.64. The fraction of sp³-hybridized carbons (Fsp3) is 0.375. The molecular formula is C16H18F2N4O2S. The molecule has 134 valence electrons. The van der Waals surface area contributed by atoms with E-state index < -0.39 is 6.61 Å². The Labute approximate surface area is 148 Å². The summed E-state index contributed by atoms with van der Waals surface area (Å²) in [5.74, 6) is -0.299.